The van der Waals surface area contributed by atoms with Gasteiger partial charge in [0.05, 0.1) is 6.07 Å². The number of rotatable bonds is 2. The van der Waals surface area contributed by atoms with Crippen molar-refractivity contribution in [3.05, 3.63) is 22.9 Å². The van der Waals surface area contributed by atoms with Crippen LogP contribution in [0.2, 0.25) is 0 Å². The highest BCUT2D eigenvalue weighted by atomic mass is 79.9. The van der Waals surface area contributed by atoms with E-state index in [9.17, 15) is 8.42 Å². The highest BCUT2D eigenvalue weighted by molar-refractivity contribution is 9.10. The molecule has 1 N–H and O–H groups in total. The molecule has 0 spiro atoms. The van der Waals surface area contributed by atoms with Crippen LogP contribution in [0.5, 0.6) is 0 Å². The molecule has 1 aromatic heterocycles. The van der Waals surface area contributed by atoms with Crippen LogP contribution in [0.4, 0.5) is 0 Å². The van der Waals surface area contributed by atoms with Crippen molar-refractivity contribution in [2.24, 2.45) is 0 Å². The third kappa shape index (κ3) is 2.54. The van der Waals surface area contributed by atoms with Crippen molar-refractivity contribution in [1.29, 1.82) is 5.26 Å². The van der Waals surface area contributed by atoms with Crippen LogP contribution in [-0.4, -0.2) is 43.4 Å². The standard InChI is InChI=1S/C10H11BrN4O2S/c11-8-3-10(7-14-5-8)18(16,17)15-2-1-13-6-9(15)4-12/h3,5,7,9,13H,1-2,6H2. The quantitative estimate of drug-likeness (QED) is 0.844. The Kier molecular flexibility index (Phi) is 3.97. The van der Waals surface area contributed by atoms with Gasteiger partial charge in [-0.2, -0.15) is 9.57 Å². The van der Waals surface area contributed by atoms with E-state index in [-0.39, 0.29) is 11.4 Å². The first kappa shape index (κ1) is 13.4. The number of nitriles is 1. The SMILES string of the molecule is N#CC1CNCCN1S(=O)(=O)c1cncc(Br)c1. The molecule has 8 heteroatoms. The number of nitrogens with zero attached hydrogens (tertiary/aromatic N) is 3. The van der Waals surface area contributed by atoms with Crippen molar-refractivity contribution in [2.45, 2.75) is 10.9 Å². The van der Waals surface area contributed by atoms with Gasteiger partial charge in [0.1, 0.15) is 10.9 Å². The van der Waals surface area contributed by atoms with Crippen LogP contribution in [0, 0.1) is 11.3 Å². The number of nitrogens with one attached hydrogen (secondary N) is 1. The molecular formula is C10H11BrN4O2S. The summed E-state index contributed by atoms with van der Waals surface area (Å²) in [6.07, 6.45) is 2.80. The molecule has 0 aromatic carbocycles. The van der Waals surface area contributed by atoms with Gasteiger partial charge in [0.25, 0.3) is 0 Å². The molecule has 1 saturated heterocycles. The second-order valence-electron chi connectivity index (χ2n) is 3.80. The minimum atomic E-state index is -3.67. The number of aromatic nitrogens is 1. The van der Waals surface area contributed by atoms with Gasteiger partial charge >= 0.3 is 0 Å². The van der Waals surface area contributed by atoms with Gasteiger partial charge in [-0.05, 0) is 22.0 Å². The molecule has 1 atom stereocenters. The molecule has 0 amide bonds. The van der Waals surface area contributed by atoms with Crippen LogP contribution in [0.3, 0.4) is 0 Å². The van der Waals surface area contributed by atoms with E-state index >= 15 is 0 Å². The van der Waals surface area contributed by atoms with Crippen molar-refractivity contribution < 1.29 is 8.42 Å². The van der Waals surface area contributed by atoms with Gasteiger partial charge in [0.15, 0.2) is 0 Å². The van der Waals surface area contributed by atoms with Gasteiger partial charge in [0, 0.05) is 36.5 Å². The second kappa shape index (κ2) is 5.32. The summed E-state index contributed by atoms with van der Waals surface area (Å²) in [5.41, 5.74) is 0. The predicted molar refractivity (Wildman–Crippen MR) is 68.1 cm³/mol. The number of halogens is 1. The molecule has 1 fully saturated rings. The largest absolute Gasteiger partial charge is 0.313 e. The normalized spacial score (nSPS) is 21.4. The third-order valence-corrected chi connectivity index (χ3v) is 4.94. The molecule has 6 nitrogen and oxygen atoms in total. The maximum atomic E-state index is 12.4. The Morgan fingerprint density at radius 3 is 3.00 bits per heavy atom. The minimum absolute atomic E-state index is 0.0963. The van der Waals surface area contributed by atoms with E-state index in [0.29, 0.717) is 17.6 Å². The van der Waals surface area contributed by atoms with E-state index in [4.69, 9.17) is 5.26 Å². The van der Waals surface area contributed by atoms with Crippen molar-refractivity contribution >= 4 is 26.0 Å². The molecule has 96 valence electrons. The lowest BCUT2D eigenvalue weighted by atomic mass is 10.3. The molecular weight excluding hydrogens is 320 g/mol. The fourth-order valence-electron chi connectivity index (χ4n) is 1.75. The molecule has 0 radical (unpaired) electrons. The van der Waals surface area contributed by atoms with E-state index in [1.54, 1.807) is 0 Å². The lowest BCUT2D eigenvalue weighted by molar-refractivity contribution is 0.311. The van der Waals surface area contributed by atoms with Crippen LogP contribution in [-0.2, 0) is 10.0 Å². The molecule has 2 heterocycles. The van der Waals surface area contributed by atoms with Gasteiger partial charge in [-0.15, -0.1) is 0 Å². The average Bonchev–Trinajstić information content (AvgIpc) is 2.38. The van der Waals surface area contributed by atoms with Crippen molar-refractivity contribution in [2.75, 3.05) is 19.6 Å². The Morgan fingerprint density at radius 2 is 2.33 bits per heavy atom. The summed E-state index contributed by atoms with van der Waals surface area (Å²) in [4.78, 5) is 3.94. The summed E-state index contributed by atoms with van der Waals surface area (Å²) in [5, 5.41) is 12.0. The summed E-state index contributed by atoms with van der Waals surface area (Å²) >= 11 is 3.19. The van der Waals surface area contributed by atoms with Gasteiger partial charge in [-0.25, -0.2) is 8.42 Å². The van der Waals surface area contributed by atoms with Crippen LogP contribution < -0.4 is 5.32 Å². The zero-order valence-corrected chi connectivity index (χ0v) is 11.8. The molecule has 1 aromatic rings. The van der Waals surface area contributed by atoms with Gasteiger partial charge in [-0.1, -0.05) is 0 Å². The first-order chi connectivity index (χ1) is 8.55. The first-order valence-electron chi connectivity index (χ1n) is 5.28. The van der Waals surface area contributed by atoms with Crippen LogP contribution >= 0.6 is 15.9 Å². The van der Waals surface area contributed by atoms with E-state index in [0.717, 1.165) is 0 Å². The number of hydrogen-bond donors (Lipinski definition) is 1. The van der Waals surface area contributed by atoms with Crippen LogP contribution in [0.1, 0.15) is 0 Å². The highest BCUT2D eigenvalue weighted by Crippen LogP contribution is 2.21. The van der Waals surface area contributed by atoms with Crippen molar-refractivity contribution in [1.82, 2.24) is 14.6 Å². The summed E-state index contributed by atoms with van der Waals surface area (Å²) in [6, 6.07) is 2.80. The van der Waals surface area contributed by atoms with Gasteiger partial charge in [-0.3, -0.25) is 4.98 Å². The minimum Gasteiger partial charge on any atom is -0.313 e. The maximum absolute atomic E-state index is 12.4. The fraction of sp³-hybridized carbons (Fsp3) is 0.400. The molecule has 18 heavy (non-hydrogen) atoms. The van der Waals surface area contributed by atoms with Crippen molar-refractivity contribution in [3.8, 4) is 6.07 Å². The number of pyridine rings is 1. The molecule has 0 aliphatic carbocycles. The highest BCUT2D eigenvalue weighted by Gasteiger charge is 2.33. The summed E-state index contributed by atoms with van der Waals surface area (Å²) in [5.74, 6) is 0. The number of piperazine rings is 1. The Hall–Kier alpha value is -1.01. The van der Waals surface area contributed by atoms with Crippen LogP contribution in [0.15, 0.2) is 27.8 Å². The monoisotopic (exact) mass is 330 g/mol. The van der Waals surface area contributed by atoms with E-state index in [2.05, 4.69) is 26.2 Å². The Bertz CT molecular complexity index is 584. The molecule has 1 unspecified atom stereocenters. The zero-order chi connectivity index (χ0) is 13.2. The molecule has 2 rings (SSSR count). The smallest absolute Gasteiger partial charge is 0.245 e. The lowest BCUT2D eigenvalue weighted by Crippen LogP contribution is -2.52. The molecule has 0 saturated carbocycles. The topological polar surface area (TPSA) is 86.1 Å². The van der Waals surface area contributed by atoms with Crippen LogP contribution in [0.25, 0.3) is 0 Å². The van der Waals surface area contributed by atoms with Crippen molar-refractivity contribution in [3.63, 3.8) is 0 Å². The third-order valence-electron chi connectivity index (χ3n) is 2.63. The Morgan fingerprint density at radius 1 is 1.56 bits per heavy atom. The van der Waals surface area contributed by atoms with E-state index in [1.165, 1.54) is 22.8 Å². The van der Waals surface area contributed by atoms with E-state index < -0.39 is 16.1 Å². The Balaban J connectivity index is 2.39. The summed E-state index contributed by atoms with van der Waals surface area (Å²) in [7, 11) is -3.67. The maximum Gasteiger partial charge on any atom is 0.245 e. The molecule has 1 aliphatic rings. The average molecular weight is 331 g/mol. The first-order valence-corrected chi connectivity index (χ1v) is 7.52. The molecule has 0 bridgehead atoms. The predicted octanol–water partition coefficient (Wildman–Crippen LogP) is 0.330. The lowest BCUT2D eigenvalue weighted by Gasteiger charge is -2.30. The molecule has 1 aliphatic heterocycles. The second-order valence-corrected chi connectivity index (χ2v) is 6.61. The zero-order valence-electron chi connectivity index (χ0n) is 9.38. The fourth-order valence-corrected chi connectivity index (χ4v) is 3.80. The number of sulfonamides is 1. The summed E-state index contributed by atoms with van der Waals surface area (Å²) in [6.45, 7) is 1.17. The van der Waals surface area contributed by atoms with E-state index in [1.807, 2.05) is 6.07 Å². The summed E-state index contributed by atoms with van der Waals surface area (Å²) < 4.78 is 26.6. The number of hydrogen-bond acceptors (Lipinski definition) is 5. The van der Waals surface area contributed by atoms with Gasteiger partial charge in [0.2, 0.25) is 10.0 Å². The van der Waals surface area contributed by atoms with Gasteiger partial charge < -0.3 is 5.32 Å². The Labute approximate surface area is 114 Å².